The molecule has 0 aliphatic rings. The van der Waals surface area contributed by atoms with Crippen LogP contribution in [0, 0.1) is 0 Å². The van der Waals surface area contributed by atoms with E-state index in [1.165, 1.54) is 5.56 Å². The van der Waals surface area contributed by atoms with Crippen molar-refractivity contribution in [3.8, 4) is 5.75 Å². The number of aromatic nitrogens is 2. The van der Waals surface area contributed by atoms with Gasteiger partial charge in [-0.25, -0.2) is 9.48 Å². The number of benzene rings is 3. The number of carbonyl (C=O) groups is 1. The van der Waals surface area contributed by atoms with E-state index in [1.54, 1.807) is 17.1 Å². The quantitative estimate of drug-likeness (QED) is 0.474. The van der Waals surface area contributed by atoms with E-state index in [0.717, 1.165) is 28.6 Å². The summed E-state index contributed by atoms with van der Waals surface area (Å²) in [6.45, 7) is 2.38. The zero-order valence-electron chi connectivity index (χ0n) is 16.1. The van der Waals surface area contributed by atoms with Gasteiger partial charge in [0.05, 0.1) is 23.8 Å². The summed E-state index contributed by atoms with van der Waals surface area (Å²) in [6.07, 6.45) is 4.31. The first-order chi connectivity index (χ1) is 14.2. The van der Waals surface area contributed by atoms with Gasteiger partial charge < -0.3 is 15.4 Å². The third kappa shape index (κ3) is 4.55. The Morgan fingerprint density at radius 2 is 1.79 bits per heavy atom. The number of nitrogens with one attached hydrogen (secondary N) is 2. The largest absolute Gasteiger partial charge is 0.471 e. The molecule has 2 amide bonds. The van der Waals surface area contributed by atoms with Gasteiger partial charge in [-0.05, 0) is 35.6 Å². The minimum atomic E-state index is -0.322. The molecule has 0 bridgehead atoms. The van der Waals surface area contributed by atoms with E-state index in [-0.39, 0.29) is 12.8 Å². The number of fused-ring (bicyclic) bond motifs is 1. The summed E-state index contributed by atoms with van der Waals surface area (Å²) in [5.41, 5.74) is 2.61. The van der Waals surface area contributed by atoms with E-state index in [4.69, 9.17) is 4.74 Å². The Hall–Kier alpha value is -3.80. The summed E-state index contributed by atoms with van der Waals surface area (Å²) in [7, 11) is 0. The molecule has 6 heteroatoms. The molecule has 3 aromatic carbocycles. The molecule has 6 nitrogen and oxygen atoms in total. The maximum atomic E-state index is 12.4. The molecule has 0 saturated heterocycles. The van der Waals surface area contributed by atoms with Gasteiger partial charge in [-0.15, -0.1) is 0 Å². The number of anilines is 2. The van der Waals surface area contributed by atoms with E-state index < -0.39 is 0 Å². The molecule has 0 atom stereocenters. The minimum absolute atomic E-state index is 0.262. The second-order valence-corrected chi connectivity index (χ2v) is 6.65. The zero-order chi connectivity index (χ0) is 20.1. The maximum Gasteiger partial charge on any atom is 0.323 e. The number of hydrogen-bond donors (Lipinski definition) is 2. The standard InChI is InChI=1S/C23H22N4O2/c1-2-17-10-12-20(13-11-17)29-16-27-15-19(14-24-27)25-23(28)26-22-9-5-7-18-6-3-4-8-21(18)22/h3-15H,2,16H2,1H3,(H2,25,26,28). The Balaban J connectivity index is 1.35. The molecule has 0 saturated carbocycles. The number of ether oxygens (including phenoxy) is 1. The number of rotatable bonds is 6. The first-order valence-electron chi connectivity index (χ1n) is 9.51. The molecule has 4 aromatic rings. The molecule has 4 rings (SSSR count). The van der Waals surface area contributed by atoms with Crippen LogP contribution in [0.5, 0.6) is 5.75 Å². The van der Waals surface area contributed by atoms with Crippen LogP contribution in [-0.4, -0.2) is 15.8 Å². The van der Waals surface area contributed by atoms with Gasteiger partial charge in [-0.3, -0.25) is 0 Å². The molecule has 0 unspecified atom stereocenters. The van der Waals surface area contributed by atoms with Crippen LogP contribution in [0.2, 0.25) is 0 Å². The van der Waals surface area contributed by atoms with Gasteiger partial charge in [0.1, 0.15) is 5.75 Å². The molecule has 1 heterocycles. The van der Waals surface area contributed by atoms with Crippen LogP contribution in [0.15, 0.2) is 79.1 Å². The van der Waals surface area contributed by atoms with Crippen molar-refractivity contribution in [2.75, 3.05) is 10.6 Å². The number of amides is 2. The van der Waals surface area contributed by atoms with Gasteiger partial charge in [0.15, 0.2) is 6.73 Å². The summed E-state index contributed by atoms with van der Waals surface area (Å²) < 4.78 is 7.35. The second kappa shape index (κ2) is 8.48. The summed E-state index contributed by atoms with van der Waals surface area (Å²) in [6, 6.07) is 21.4. The predicted octanol–water partition coefficient (Wildman–Crippen LogP) is 5.28. The first-order valence-corrected chi connectivity index (χ1v) is 9.51. The predicted molar refractivity (Wildman–Crippen MR) is 115 cm³/mol. The molecular weight excluding hydrogens is 364 g/mol. The van der Waals surface area contributed by atoms with Crippen LogP contribution in [-0.2, 0) is 13.2 Å². The Labute approximate surface area is 169 Å². The van der Waals surface area contributed by atoms with Crippen molar-refractivity contribution in [1.82, 2.24) is 9.78 Å². The van der Waals surface area contributed by atoms with Gasteiger partial charge in [-0.1, -0.05) is 55.5 Å². The van der Waals surface area contributed by atoms with Crippen LogP contribution in [0.25, 0.3) is 10.8 Å². The molecule has 0 radical (unpaired) electrons. The Morgan fingerprint density at radius 3 is 2.62 bits per heavy atom. The lowest BCUT2D eigenvalue weighted by molar-refractivity contribution is 0.221. The first kappa shape index (κ1) is 18.6. The Kier molecular flexibility index (Phi) is 5.42. The molecule has 29 heavy (non-hydrogen) atoms. The smallest absolute Gasteiger partial charge is 0.323 e. The average molecular weight is 386 g/mol. The molecule has 146 valence electrons. The van der Waals surface area contributed by atoms with Crippen molar-refractivity contribution < 1.29 is 9.53 Å². The van der Waals surface area contributed by atoms with Crippen molar-refractivity contribution in [2.24, 2.45) is 0 Å². The van der Waals surface area contributed by atoms with Crippen molar-refractivity contribution in [3.63, 3.8) is 0 Å². The third-order valence-electron chi connectivity index (χ3n) is 4.62. The molecular formula is C23H22N4O2. The Morgan fingerprint density at radius 1 is 1.00 bits per heavy atom. The summed E-state index contributed by atoms with van der Waals surface area (Å²) >= 11 is 0. The fraction of sp³-hybridized carbons (Fsp3) is 0.130. The minimum Gasteiger partial charge on any atom is -0.471 e. The lowest BCUT2D eigenvalue weighted by Gasteiger charge is -2.09. The van der Waals surface area contributed by atoms with Crippen LogP contribution >= 0.6 is 0 Å². The van der Waals surface area contributed by atoms with E-state index in [9.17, 15) is 4.79 Å². The monoisotopic (exact) mass is 386 g/mol. The van der Waals surface area contributed by atoms with Crippen molar-refractivity contribution in [2.45, 2.75) is 20.1 Å². The summed E-state index contributed by atoms with van der Waals surface area (Å²) in [5.74, 6) is 0.779. The highest BCUT2D eigenvalue weighted by molar-refractivity contribution is 6.06. The SMILES string of the molecule is CCc1ccc(OCn2cc(NC(=O)Nc3cccc4ccccc34)cn2)cc1. The van der Waals surface area contributed by atoms with E-state index >= 15 is 0 Å². The lowest BCUT2D eigenvalue weighted by atomic mass is 10.1. The molecule has 0 aliphatic heterocycles. The number of nitrogens with zero attached hydrogens (tertiary/aromatic N) is 2. The average Bonchev–Trinajstić information content (AvgIpc) is 3.20. The normalized spacial score (nSPS) is 10.7. The Bertz CT molecular complexity index is 1110. The van der Waals surface area contributed by atoms with Gasteiger partial charge in [0.25, 0.3) is 0 Å². The van der Waals surface area contributed by atoms with Crippen LogP contribution < -0.4 is 15.4 Å². The molecule has 0 spiro atoms. The van der Waals surface area contributed by atoms with Gasteiger partial charge in [0.2, 0.25) is 0 Å². The topological polar surface area (TPSA) is 68.2 Å². The summed E-state index contributed by atoms with van der Waals surface area (Å²) in [5, 5.41) is 12.0. The maximum absolute atomic E-state index is 12.4. The highest BCUT2D eigenvalue weighted by Crippen LogP contribution is 2.23. The van der Waals surface area contributed by atoms with Crippen LogP contribution in [0.4, 0.5) is 16.2 Å². The highest BCUT2D eigenvalue weighted by atomic mass is 16.5. The van der Waals surface area contributed by atoms with Crippen LogP contribution in [0.1, 0.15) is 12.5 Å². The fourth-order valence-corrected chi connectivity index (χ4v) is 3.08. The number of carbonyl (C=O) groups excluding carboxylic acids is 1. The van der Waals surface area contributed by atoms with Crippen molar-refractivity contribution in [1.29, 1.82) is 0 Å². The van der Waals surface area contributed by atoms with E-state index in [0.29, 0.717) is 5.69 Å². The fourth-order valence-electron chi connectivity index (χ4n) is 3.08. The number of urea groups is 1. The number of hydrogen-bond acceptors (Lipinski definition) is 3. The van der Waals surface area contributed by atoms with Gasteiger partial charge in [0, 0.05) is 5.39 Å². The van der Waals surface area contributed by atoms with E-state index in [1.807, 2.05) is 66.7 Å². The second-order valence-electron chi connectivity index (χ2n) is 6.65. The highest BCUT2D eigenvalue weighted by Gasteiger charge is 2.07. The molecule has 0 fully saturated rings. The molecule has 1 aromatic heterocycles. The van der Waals surface area contributed by atoms with Gasteiger partial charge >= 0.3 is 6.03 Å². The van der Waals surface area contributed by atoms with Crippen LogP contribution in [0.3, 0.4) is 0 Å². The number of aryl methyl sites for hydroxylation is 1. The molecule has 0 aliphatic carbocycles. The van der Waals surface area contributed by atoms with E-state index in [2.05, 4.69) is 22.7 Å². The van der Waals surface area contributed by atoms with Crippen molar-refractivity contribution >= 4 is 28.2 Å². The molecule has 2 N–H and O–H groups in total. The third-order valence-corrected chi connectivity index (χ3v) is 4.62. The lowest BCUT2D eigenvalue weighted by Crippen LogP contribution is -2.19. The summed E-state index contributed by atoms with van der Waals surface area (Å²) in [4.78, 5) is 12.4. The van der Waals surface area contributed by atoms with Crippen molar-refractivity contribution in [3.05, 3.63) is 84.7 Å². The zero-order valence-corrected chi connectivity index (χ0v) is 16.1. The van der Waals surface area contributed by atoms with Gasteiger partial charge in [-0.2, -0.15) is 5.10 Å².